The summed E-state index contributed by atoms with van der Waals surface area (Å²) in [5, 5.41) is 8.36. The van der Waals surface area contributed by atoms with Crippen molar-refractivity contribution in [2.45, 2.75) is 20.3 Å². The number of nitriles is 1. The fraction of sp³-hybridized carbons (Fsp3) is 0.857. The Morgan fingerprint density at radius 1 is 1.67 bits per heavy atom. The molecule has 0 aromatic rings. The molecule has 9 heavy (non-hydrogen) atoms. The zero-order chi connectivity index (χ0) is 7.28. The van der Waals surface area contributed by atoms with Gasteiger partial charge in [0, 0.05) is 13.6 Å². The average molecular weight is 126 g/mol. The van der Waals surface area contributed by atoms with Crippen LogP contribution >= 0.6 is 0 Å². The standard InChI is InChI=1S/C7H14N2/c1-4-7(2)5-9(3)6-8/h7H,4-5H2,1-3H3/t7-/m1/s1. The monoisotopic (exact) mass is 126 g/mol. The molecule has 0 fully saturated rings. The van der Waals surface area contributed by atoms with Gasteiger partial charge in [-0.3, -0.25) is 0 Å². The van der Waals surface area contributed by atoms with Crippen LogP contribution in [0.4, 0.5) is 0 Å². The molecule has 0 saturated carbocycles. The fourth-order valence-corrected chi connectivity index (χ4v) is 0.637. The van der Waals surface area contributed by atoms with Gasteiger partial charge in [-0.05, 0) is 5.92 Å². The number of rotatable bonds is 3. The second kappa shape index (κ2) is 4.20. The van der Waals surface area contributed by atoms with Crippen LogP contribution in [-0.2, 0) is 0 Å². The summed E-state index contributed by atoms with van der Waals surface area (Å²) in [5.74, 6) is 0.634. The van der Waals surface area contributed by atoms with Gasteiger partial charge in [-0.25, -0.2) is 0 Å². The average Bonchev–Trinajstić information content (AvgIpc) is 1.87. The Bertz CT molecular complexity index is 104. The van der Waals surface area contributed by atoms with Gasteiger partial charge in [-0.1, -0.05) is 20.3 Å². The van der Waals surface area contributed by atoms with Crippen molar-refractivity contribution in [1.29, 1.82) is 5.26 Å². The molecule has 0 aromatic heterocycles. The summed E-state index contributed by atoms with van der Waals surface area (Å²) in [5.41, 5.74) is 0. The van der Waals surface area contributed by atoms with E-state index in [4.69, 9.17) is 5.26 Å². The minimum Gasteiger partial charge on any atom is -0.313 e. The third kappa shape index (κ3) is 3.84. The zero-order valence-corrected chi connectivity index (χ0v) is 6.39. The van der Waals surface area contributed by atoms with E-state index in [9.17, 15) is 0 Å². The van der Waals surface area contributed by atoms with Crippen molar-refractivity contribution in [3.8, 4) is 6.19 Å². The molecule has 0 aliphatic rings. The Hall–Kier alpha value is -0.710. The van der Waals surface area contributed by atoms with E-state index in [0.717, 1.165) is 13.0 Å². The zero-order valence-electron chi connectivity index (χ0n) is 6.39. The van der Waals surface area contributed by atoms with Gasteiger partial charge < -0.3 is 4.90 Å². The maximum Gasteiger partial charge on any atom is 0.179 e. The summed E-state index contributed by atoms with van der Waals surface area (Å²) in [7, 11) is 1.81. The number of hydrogen-bond acceptors (Lipinski definition) is 2. The van der Waals surface area contributed by atoms with Gasteiger partial charge in [0.1, 0.15) is 0 Å². The predicted molar refractivity (Wildman–Crippen MR) is 37.7 cm³/mol. The maximum atomic E-state index is 8.36. The van der Waals surface area contributed by atoms with Gasteiger partial charge in [0.25, 0.3) is 0 Å². The highest BCUT2D eigenvalue weighted by atomic mass is 15.1. The first-order valence-electron chi connectivity index (χ1n) is 3.31. The van der Waals surface area contributed by atoms with E-state index < -0.39 is 0 Å². The minimum absolute atomic E-state index is 0.634. The Labute approximate surface area is 57.1 Å². The molecule has 0 heterocycles. The molecule has 1 atom stereocenters. The lowest BCUT2D eigenvalue weighted by Crippen LogP contribution is -2.18. The largest absolute Gasteiger partial charge is 0.313 e. The second-order valence-electron chi connectivity index (χ2n) is 2.49. The highest BCUT2D eigenvalue weighted by Gasteiger charge is 2.00. The lowest BCUT2D eigenvalue weighted by Gasteiger charge is -2.12. The quantitative estimate of drug-likeness (QED) is 0.422. The van der Waals surface area contributed by atoms with Crippen molar-refractivity contribution in [2.24, 2.45) is 5.92 Å². The molecule has 0 amide bonds. The van der Waals surface area contributed by atoms with Gasteiger partial charge in [0.2, 0.25) is 0 Å². The predicted octanol–water partition coefficient (Wildman–Crippen LogP) is 1.45. The van der Waals surface area contributed by atoms with Gasteiger partial charge in [0.05, 0.1) is 0 Å². The number of hydrogen-bond donors (Lipinski definition) is 0. The summed E-state index contributed by atoms with van der Waals surface area (Å²) >= 11 is 0. The molecule has 0 unspecified atom stereocenters. The third-order valence-electron chi connectivity index (χ3n) is 1.45. The smallest absolute Gasteiger partial charge is 0.179 e. The van der Waals surface area contributed by atoms with Gasteiger partial charge in [0.15, 0.2) is 6.19 Å². The van der Waals surface area contributed by atoms with Crippen LogP contribution in [-0.4, -0.2) is 18.5 Å². The first-order chi connectivity index (χ1) is 4.20. The van der Waals surface area contributed by atoms with Crippen LogP contribution in [0.25, 0.3) is 0 Å². The van der Waals surface area contributed by atoms with E-state index in [1.165, 1.54) is 0 Å². The molecular formula is C7H14N2. The van der Waals surface area contributed by atoms with Crippen molar-refractivity contribution in [3.05, 3.63) is 0 Å². The first kappa shape index (κ1) is 8.29. The molecule has 2 nitrogen and oxygen atoms in total. The molecule has 0 spiro atoms. The minimum atomic E-state index is 0.634. The van der Waals surface area contributed by atoms with Crippen molar-refractivity contribution in [1.82, 2.24) is 4.90 Å². The van der Waals surface area contributed by atoms with Crippen molar-refractivity contribution in [3.63, 3.8) is 0 Å². The molecule has 0 bridgehead atoms. The molecule has 52 valence electrons. The second-order valence-corrected chi connectivity index (χ2v) is 2.49. The van der Waals surface area contributed by atoms with Gasteiger partial charge >= 0.3 is 0 Å². The first-order valence-corrected chi connectivity index (χ1v) is 3.31. The van der Waals surface area contributed by atoms with Gasteiger partial charge in [-0.2, -0.15) is 5.26 Å². The van der Waals surface area contributed by atoms with E-state index >= 15 is 0 Å². The summed E-state index contributed by atoms with van der Waals surface area (Å²) in [6.45, 7) is 5.16. The van der Waals surface area contributed by atoms with Crippen LogP contribution in [0.15, 0.2) is 0 Å². The molecule has 0 rings (SSSR count). The summed E-state index contributed by atoms with van der Waals surface area (Å²) < 4.78 is 0. The fourth-order valence-electron chi connectivity index (χ4n) is 0.637. The highest BCUT2D eigenvalue weighted by Crippen LogP contribution is 2.00. The highest BCUT2D eigenvalue weighted by molar-refractivity contribution is 4.70. The molecular weight excluding hydrogens is 112 g/mol. The van der Waals surface area contributed by atoms with Crippen molar-refractivity contribution < 1.29 is 0 Å². The number of nitrogens with zero attached hydrogens (tertiary/aromatic N) is 2. The maximum absolute atomic E-state index is 8.36. The van der Waals surface area contributed by atoms with Crippen LogP contribution in [0, 0.1) is 17.4 Å². The lowest BCUT2D eigenvalue weighted by atomic mass is 10.1. The van der Waals surface area contributed by atoms with E-state index in [0.29, 0.717) is 5.92 Å². The SMILES string of the molecule is CC[C@@H](C)CN(C)C#N. The third-order valence-corrected chi connectivity index (χ3v) is 1.45. The van der Waals surface area contributed by atoms with Crippen molar-refractivity contribution in [2.75, 3.05) is 13.6 Å². The van der Waals surface area contributed by atoms with Gasteiger partial charge in [-0.15, -0.1) is 0 Å². The van der Waals surface area contributed by atoms with Crippen LogP contribution < -0.4 is 0 Å². The van der Waals surface area contributed by atoms with Crippen LogP contribution in [0.2, 0.25) is 0 Å². The van der Waals surface area contributed by atoms with Crippen molar-refractivity contribution >= 4 is 0 Å². The normalized spacial score (nSPS) is 12.2. The van der Waals surface area contributed by atoms with E-state index in [-0.39, 0.29) is 0 Å². The summed E-state index contributed by atoms with van der Waals surface area (Å²) in [6, 6.07) is 0. The van der Waals surface area contributed by atoms with E-state index in [1.54, 1.807) is 4.90 Å². The molecule has 0 N–H and O–H groups in total. The summed E-state index contributed by atoms with van der Waals surface area (Å²) in [6.07, 6.45) is 3.21. The molecule has 0 aliphatic carbocycles. The van der Waals surface area contributed by atoms with Crippen LogP contribution in [0.1, 0.15) is 20.3 Å². The molecule has 0 aromatic carbocycles. The topological polar surface area (TPSA) is 27.0 Å². The Morgan fingerprint density at radius 3 is 2.56 bits per heavy atom. The lowest BCUT2D eigenvalue weighted by molar-refractivity contribution is 0.377. The van der Waals surface area contributed by atoms with E-state index in [2.05, 4.69) is 20.0 Å². The molecule has 0 saturated heterocycles. The molecule has 0 radical (unpaired) electrons. The Kier molecular flexibility index (Phi) is 3.87. The van der Waals surface area contributed by atoms with Crippen LogP contribution in [0.3, 0.4) is 0 Å². The molecule has 0 aliphatic heterocycles. The molecule has 2 heteroatoms. The van der Waals surface area contributed by atoms with Crippen LogP contribution in [0.5, 0.6) is 0 Å². The summed E-state index contributed by atoms with van der Waals surface area (Å²) in [4.78, 5) is 1.66. The van der Waals surface area contributed by atoms with E-state index in [1.807, 2.05) is 7.05 Å². The Morgan fingerprint density at radius 2 is 2.22 bits per heavy atom. The Balaban J connectivity index is 3.37.